The number of nitrogens with two attached hydrogens (primary N) is 1. The van der Waals surface area contributed by atoms with E-state index in [1.165, 1.54) is 0 Å². The molecule has 0 aliphatic carbocycles. The molecule has 2 N–H and O–H groups in total. The smallest absolute Gasteiger partial charge is 0.127 e. The van der Waals surface area contributed by atoms with Crippen molar-refractivity contribution in [3.8, 4) is 0 Å². The third-order valence-electron chi connectivity index (χ3n) is 2.10. The van der Waals surface area contributed by atoms with E-state index in [2.05, 4.69) is 25.5 Å². The van der Waals surface area contributed by atoms with Crippen LogP contribution in [0.3, 0.4) is 0 Å². The molecule has 0 saturated carbocycles. The van der Waals surface area contributed by atoms with Gasteiger partial charge in [0.2, 0.25) is 0 Å². The van der Waals surface area contributed by atoms with Gasteiger partial charge in [-0.15, -0.1) is 0 Å². The lowest BCUT2D eigenvalue weighted by Crippen LogP contribution is -2.02. The summed E-state index contributed by atoms with van der Waals surface area (Å²) >= 11 is 0. The standard InChI is InChI=1S/C11H17N3/c1-5-9(6-2)14-11(12)7-10(13-14)8(3)4/h5-8H,1,12H2,2-4H3/b9-6+. The predicted molar refractivity (Wildman–Crippen MR) is 60.9 cm³/mol. The molecule has 0 amide bonds. The lowest BCUT2D eigenvalue weighted by atomic mass is 10.1. The summed E-state index contributed by atoms with van der Waals surface area (Å²) < 4.78 is 1.71. The summed E-state index contributed by atoms with van der Waals surface area (Å²) in [5, 5.41) is 4.40. The third kappa shape index (κ3) is 1.87. The van der Waals surface area contributed by atoms with Gasteiger partial charge in [-0.3, -0.25) is 0 Å². The van der Waals surface area contributed by atoms with Crippen LogP contribution in [0.25, 0.3) is 5.70 Å². The molecule has 0 unspecified atom stereocenters. The topological polar surface area (TPSA) is 43.8 Å². The molecule has 3 heteroatoms. The molecule has 0 radical (unpaired) electrons. The van der Waals surface area contributed by atoms with Crippen LogP contribution in [0.1, 0.15) is 32.4 Å². The average molecular weight is 191 g/mol. The van der Waals surface area contributed by atoms with Gasteiger partial charge in [0.1, 0.15) is 5.82 Å². The van der Waals surface area contributed by atoms with Crippen molar-refractivity contribution in [3.63, 3.8) is 0 Å². The van der Waals surface area contributed by atoms with Crippen molar-refractivity contribution < 1.29 is 0 Å². The lowest BCUT2D eigenvalue weighted by Gasteiger charge is -2.03. The zero-order chi connectivity index (χ0) is 10.7. The number of rotatable bonds is 3. The highest BCUT2D eigenvalue weighted by atomic mass is 15.3. The molecule has 0 aliphatic rings. The Morgan fingerprint density at radius 3 is 2.64 bits per heavy atom. The summed E-state index contributed by atoms with van der Waals surface area (Å²) in [4.78, 5) is 0. The maximum atomic E-state index is 5.84. The molecule has 3 nitrogen and oxygen atoms in total. The first-order valence-electron chi connectivity index (χ1n) is 4.74. The normalized spacial score (nSPS) is 12.1. The quantitative estimate of drug-likeness (QED) is 0.746. The molecule has 1 heterocycles. The van der Waals surface area contributed by atoms with E-state index in [4.69, 9.17) is 5.73 Å². The Labute approximate surface area is 84.9 Å². The minimum absolute atomic E-state index is 0.390. The fourth-order valence-corrected chi connectivity index (χ4v) is 1.23. The molecule has 14 heavy (non-hydrogen) atoms. The van der Waals surface area contributed by atoms with Gasteiger partial charge in [-0.1, -0.05) is 26.5 Å². The predicted octanol–water partition coefficient (Wildman–Crippen LogP) is 2.64. The van der Waals surface area contributed by atoms with Crippen molar-refractivity contribution in [1.29, 1.82) is 0 Å². The average Bonchev–Trinajstić information content (AvgIpc) is 2.51. The van der Waals surface area contributed by atoms with Gasteiger partial charge in [0.25, 0.3) is 0 Å². The van der Waals surface area contributed by atoms with Crippen molar-refractivity contribution in [1.82, 2.24) is 9.78 Å². The Balaban J connectivity index is 3.16. The SMILES string of the molecule is C=C/C(=C\C)n1nc(C(C)C)cc1N. The summed E-state index contributed by atoms with van der Waals surface area (Å²) in [6, 6.07) is 1.90. The van der Waals surface area contributed by atoms with Gasteiger partial charge in [0.15, 0.2) is 0 Å². The maximum absolute atomic E-state index is 5.84. The van der Waals surface area contributed by atoms with E-state index in [1.807, 2.05) is 19.1 Å². The molecule has 1 aromatic rings. The van der Waals surface area contributed by atoms with E-state index in [1.54, 1.807) is 10.8 Å². The van der Waals surface area contributed by atoms with Crippen LogP contribution in [0.5, 0.6) is 0 Å². The largest absolute Gasteiger partial charge is 0.384 e. The Morgan fingerprint density at radius 1 is 1.64 bits per heavy atom. The molecular formula is C11H17N3. The highest BCUT2D eigenvalue weighted by Gasteiger charge is 2.08. The first kappa shape index (κ1) is 10.6. The molecular weight excluding hydrogens is 174 g/mol. The number of hydrogen-bond donors (Lipinski definition) is 1. The first-order valence-corrected chi connectivity index (χ1v) is 4.74. The van der Waals surface area contributed by atoms with Crippen molar-refractivity contribution in [2.45, 2.75) is 26.7 Å². The zero-order valence-corrected chi connectivity index (χ0v) is 8.99. The Hall–Kier alpha value is -1.51. The van der Waals surface area contributed by atoms with Crippen LogP contribution in [0.15, 0.2) is 24.8 Å². The summed E-state index contributed by atoms with van der Waals surface area (Å²) in [7, 11) is 0. The molecule has 0 saturated heterocycles. The number of allylic oxidation sites excluding steroid dienone is 3. The van der Waals surface area contributed by atoms with Crippen LogP contribution in [0, 0.1) is 0 Å². The summed E-state index contributed by atoms with van der Waals surface area (Å²) in [6.45, 7) is 9.84. The van der Waals surface area contributed by atoms with Crippen LogP contribution in [0.2, 0.25) is 0 Å². The van der Waals surface area contributed by atoms with Crippen LogP contribution in [-0.4, -0.2) is 9.78 Å². The highest BCUT2D eigenvalue weighted by molar-refractivity contribution is 5.59. The summed E-state index contributed by atoms with van der Waals surface area (Å²) in [5.41, 5.74) is 7.76. The Morgan fingerprint density at radius 2 is 2.29 bits per heavy atom. The molecule has 76 valence electrons. The van der Waals surface area contributed by atoms with Crippen LogP contribution in [0.4, 0.5) is 5.82 Å². The second-order valence-electron chi connectivity index (χ2n) is 3.48. The summed E-state index contributed by atoms with van der Waals surface area (Å²) in [5.74, 6) is 1.04. The monoisotopic (exact) mass is 191 g/mol. The van der Waals surface area contributed by atoms with Gasteiger partial charge >= 0.3 is 0 Å². The van der Waals surface area contributed by atoms with E-state index in [9.17, 15) is 0 Å². The number of aromatic nitrogens is 2. The zero-order valence-electron chi connectivity index (χ0n) is 8.99. The van der Waals surface area contributed by atoms with Gasteiger partial charge in [-0.2, -0.15) is 5.10 Å². The minimum atomic E-state index is 0.390. The maximum Gasteiger partial charge on any atom is 0.127 e. The molecule has 0 bridgehead atoms. The number of nitrogen functional groups attached to an aromatic ring is 1. The minimum Gasteiger partial charge on any atom is -0.384 e. The fourth-order valence-electron chi connectivity index (χ4n) is 1.23. The number of anilines is 1. The number of hydrogen-bond acceptors (Lipinski definition) is 2. The van der Waals surface area contributed by atoms with E-state index in [-0.39, 0.29) is 0 Å². The van der Waals surface area contributed by atoms with E-state index >= 15 is 0 Å². The molecule has 0 fully saturated rings. The first-order chi connectivity index (χ1) is 6.60. The molecule has 0 spiro atoms. The molecule has 0 aliphatic heterocycles. The van der Waals surface area contributed by atoms with Gasteiger partial charge in [0, 0.05) is 6.07 Å². The van der Waals surface area contributed by atoms with Crippen molar-refractivity contribution in [2.75, 3.05) is 5.73 Å². The van der Waals surface area contributed by atoms with E-state index in [0.717, 1.165) is 11.4 Å². The van der Waals surface area contributed by atoms with Crippen molar-refractivity contribution >= 4 is 11.5 Å². The molecule has 0 atom stereocenters. The van der Waals surface area contributed by atoms with Crippen LogP contribution in [-0.2, 0) is 0 Å². The van der Waals surface area contributed by atoms with Gasteiger partial charge in [0.05, 0.1) is 11.4 Å². The Kier molecular flexibility index (Phi) is 3.12. The fraction of sp³-hybridized carbons (Fsp3) is 0.364. The number of nitrogens with zero attached hydrogens (tertiary/aromatic N) is 2. The lowest BCUT2D eigenvalue weighted by molar-refractivity contribution is 0.779. The van der Waals surface area contributed by atoms with Crippen LogP contribution >= 0.6 is 0 Å². The molecule has 1 aromatic heterocycles. The van der Waals surface area contributed by atoms with Crippen molar-refractivity contribution in [3.05, 3.63) is 30.5 Å². The van der Waals surface area contributed by atoms with E-state index < -0.39 is 0 Å². The molecule has 0 aromatic carbocycles. The third-order valence-corrected chi connectivity index (χ3v) is 2.10. The van der Waals surface area contributed by atoms with Gasteiger partial charge in [-0.05, 0) is 18.9 Å². The molecule has 1 rings (SSSR count). The second-order valence-corrected chi connectivity index (χ2v) is 3.48. The summed E-state index contributed by atoms with van der Waals surface area (Å²) in [6.07, 6.45) is 3.67. The van der Waals surface area contributed by atoms with Gasteiger partial charge < -0.3 is 5.73 Å². The van der Waals surface area contributed by atoms with Crippen molar-refractivity contribution in [2.24, 2.45) is 0 Å². The Bertz CT molecular complexity index is 359. The second kappa shape index (κ2) is 4.13. The van der Waals surface area contributed by atoms with Crippen LogP contribution < -0.4 is 5.73 Å². The van der Waals surface area contributed by atoms with E-state index in [0.29, 0.717) is 11.7 Å². The van der Waals surface area contributed by atoms with Gasteiger partial charge in [-0.25, -0.2) is 4.68 Å². The highest BCUT2D eigenvalue weighted by Crippen LogP contribution is 2.19.